The molecule has 1 N–H and O–H groups in total. The van der Waals surface area contributed by atoms with Crippen molar-refractivity contribution in [1.29, 1.82) is 0 Å². The molecule has 0 spiro atoms. The molecule has 0 radical (unpaired) electrons. The van der Waals surface area contributed by atoms with Gasteiger partial charge in [0.25, 0.3) is 0 Å². The Hall–Kier alpha value is -2.62. The summed E-state index contributed by atoms with van der Waals surface area (Å²) in [5, 5.41) is 3.08. The first-order chi connectivity index (χ1) is 12.6. The van der Waals surface area contributed by atoms with Crippen molar-refractivity contribution in [3.63, 3.8) is 0 Å². The van der Waals surface area contributed by atoms with Crippen LogP contribution in [-0.2, 0) is 22.6 Å². The number of rotatable bonds is 7. The molecule has 0 aromatic heterocycles. The van der Waals surface area contributed by atoms with E-state index in [0.717, 1.165) is 18.4 Å². The van der Waals surface area contributed by atoms with Crippen molar-refractivity contribution in [1.82, 2.24) is 10.2 Å². The van der Waals surface area contributed by atoms with E-state index in [0.29, 0.717) is 19.5 Å². The average Bonchev–Trinajstić information content (AvgIpc) is 3.02. The van der Waals surface area contributed by atoms with Gasteiger partial charge in [-0.05, 0) is 30.9 Å². The Kier molecular flexibility index (Phi) is 6.05. The summed E-state index contributed by atoms with van der Waals surface area (Å²) in [4.78, 5) is 26.5. The summed E-state index contributed by atoms with van der Waals surface area (Å²) in [6.45, 7) is 3.11. The Balaban J connectivity index is 1.46. The van der Waals surface area contributed by atoms with Gasteiger partial charge in [-0.1, -0.05) is 60.7 Å². The van der Waals surface area contributed by atoms with E-state index < -0.39 is 0 Å². The van der Waals surface area contributed by atoms with E-state index in [1.807, 2.05) is 55.5 Å². The maximum absolute atomic E-state index is 12.5. The summed E-state index contributed by atoms with van der Waals surface area (Å²) in [6.07, 6.45) is 2.14. The van der Waals surface area contributed by atoms with E-state index in [9.17, 15) is 9.59 Å². The topological polar surface area (TPSA) is 49.4 Å². The van der Waals surface area contributed by atoms with Crippen LogP contribution in [0.3, 0.4) is 0 Å². The zero-order valence-corrected chi connectivity index (χ0v) is 15.2. The molecular weight excluding hydrogens is 324 g/mol. The first-order valence-electron chi connectivity index (χ1n) is 9.28. The van der Waals surface area contributed by atoms with Crippen LogP contribution in [0, 0.1) is 5.92 Å². The minimum absolute atomic E-state index is 0.00512. The fourth-order valence-corrected chi connectivity index (χ4v) is 3.37. The number of amides is 2. The number of carbonyl (C=O) groups excluding carboxylic acids is 2. The molecule has 136 valence electrons. The lowest BCUT2D eigenvalue weighted by Gasteiger charge is -2.18. The molecule has 2 aromatic carbocycles. The first-order valence-corrected chi connectivity index (χ1v) is 9.28. The van der Waals surface area contributed by atoms with Crippen LogP contribution >= 0.6 is 0 Å². The lowest BCUT2D eigenvalue weighted by atomic mass is 10.0. The highest BCUT2D eigenvalue weighted by molar-refractivity contribution is 5.89. The predicted octanol–water partition coefficient (Wildman–Crippen LogP) is 3.17. The lowest BCUT2D eigenvalue weighted by molar-refractivity contribution is -0.129. The van der Waals surface area contributed by atoms with E-state index in [-0.39, 0.29) is 23.8 Å². The van der Waals surface area contributed by atoms with E-state index in [1.54, 1.807) is 4.90 Å². The minimum atomic E-state index is -0.245. The molecule has 2 amide bonds. The van der Waals surface area contributed by atoms with Gasteiger partial charge in [0.2, 0.25) is 11.8 Å². The molecule has 2 atom stereocenters. The van der Waals surface area contributed by atoms with Gasteiger partial charge in [-0.3, -0.25) is 9.59 Å². The Morgan fingerprint density at radius 3 is 2.35 bits per heavy atom. The van der Waals surface area contributed by atoms with Crippen LogP contribution in [0.25, 0.3) is 0 Å². The van der Waals surface area contributed by atoms with Crippen molar-refractivity contribution >= 4 is 11.8 Å². The maximum atomic E-state index is 12.5. The third kappa shape index (κ3) is 4.94. The van der Waals surface area contributed by atoms with Crippen molar-refractivity contribution in [3.8, 4) is 0 Å². The zero-order valence-electron chi connectivity index (χ0n) is 15.2. The van der Waals surface area contributed by atoms with Crippen LogP contribution in [0.2, 0.25) is 0 Å². The SMILES string of the molecule is CC(CCc1ccccc1)NC(=O)C1CC(=O)N(Cc2ccccc2)C1. The first kappa shape index (κ1) is 18.2. The van der Waals surface area contributed by atoms with E-state index in [1.165, 1.54) is 5.56 Å². The van der Waals surface area contributed by atoms with Gasteiger partial charge in [0.15, 0.2) is 0 Å². The number of aryl methyl sites for hydroxylation is 1. The second-order valence-corrected chi connectivity index (χ2v) is 7.09. The van der Waals surface area contributed by atoms with Crippen LogP contribution in [0.5, 0.6) is 0 Å². The molecule has 3 rings (SSSR count). The highest BCUT2D eigenvalue weighted by Gasteiger charge is 2.34. The van der Waals surface area contributed by atoms with Crippen LogP contribution in [0.4, 0.5) is 0 Å². The number of nitrogens with zero attached hydrogens (tertiary/aromatic N) is 1. The maximum Gasteiger partial charge on any atom is 0.225 e. The predicted molar refractivity (Wildman–Crippen MR) is 102 cm³/mol. The summed E-state index contributed by atoms with van der Waals surface area (Å²) in [7, 11) is 0. The standard InChI is InChI=1S/C22H26N2O2/c1-17(12-13-18-8-4-2-5-9-18)23-22(26)20-14-21(25)24(16-20)15-19-10-6-3-7-11-19/h2-11,17,20H,12-16H2,1H3,(H,23,26). The van der Waals surface area contributed by atoms with Gasteiger partial charge in [-0.25, -0.2) is 0 Å². The monoisotopic (exact) mass is 350 g/mol. The summed E-state index contributed by atoms with van der Waals surface area (Å²) >= 11 is 0. The van der Waals surface area contributed by atoms with E-state index in [2.05, 4.69) is 17.4 Å². The highest BCUT2D eigenvalue weighted by atomic mass is 16.2. The van der Waals surface area contributed by atoms with Gasteiger partial charge < -0.3 is 10.2 Å². The van der Waals surface area contributed by atoms with Gasteiger partial charge >= 0.3 is 0 Å². The van der Waals surface area contributed by atoms with E-state index in [4.69, 9.17) is 0 Å². The zero-order chi connectivity index (χ0) is 18.4. The summed E-state index contributed by atoms with van der Waals surface area (Å²) in [5.41, 5.74) is 2.37. The Morgan fingerprint density at radius 1 is 1.08 bits per heavy atom. The van der Waals surface area contributed by atoms with Crippen molar-refractivity contribution in [3.05, 3.63) is 71.8 Å². The number of hydrogen-bond acceptors (Lipinski definition) is 2. The molecule has 1 aliphatic rings. The molecule has 0 saturated carbocycles. The summed E-state index contributed by atoms with van der Waals surface area (Å²) in [5.74, 6) is -0.189. The van der Waals surface area contributed by atoms with Crippen molar-refractivity contribution < 1.29 is 9.59 Å². The third-order valence-electron chi connectivity index (χ3n) is 4.90. The Bertz CT molecular complexity index is 730. The number of likely N-dealkylation sites (tertiary alicyclic amines) is 1. The number of nitrogens with one attached hydrogen (secondary N) is 1. The van der Waals surface area contributed by atoms with Crippen LogP contribution in [0.15, 0.2) is 60.7 Å². The van der Waals surface area contributed by atoms with Crippen molar-refractivity contribution in [2.45, 2.75) is 38.8 Å². The minimum Gasteiger partial charge on any atom is -0.353 e. The van der Waals surface area contributed by atoms with Gasteiger partial charge in [-0.2, -0.15) is 0 Å². The molecule has 2 unspecified atom stereocenters. The number of carbonyl (C=O) groups is 2. The van der Waals surface area contributed by atoms with Gasteiger partial charge in [0.05, 0.1) is 5.92 Å². The molecule has 4 nitrogen and oxygen atoms in total. The molecule has 26 heavy (non-hydrogen) atoms. The summed E-state index contributed by atoms with van der Waals surface area (Å²) in [6, 6.07) is 20.3. The van der Waals surface area contributed by atoms with E-state index >= 15 is 0 Å². The van der Waals surface area contributed by atoms with Crippen LogP contribution < -0.4 is 5.32 Å². The lowest BCUT2D eigenvalue weighted by Crippen LogP contribution is -2.38. The van der Waals surface area contributed by atoms with Gasteiger partial charge in [0, 0.05) is 25.6 Å². The highest BCUT2D eigenvalue weighted by Crippen LogP contribution is 2.20. The Labute approximate surface area is 155 Å². The number of benzene rings is 2. The third-order valence-corrected chi connectivity index (χ3v) is 4.90. The second kappa shape index (κ2) is 8.65. The smallest absolute Gasteiger partial charge is 0.225 e. The van der Waals surface area contributed by atoms with Gasteiger partial charge in [-0.15, -0.1) is 0 Å². The molecule has 1 heterocycles. The average molecular weight is 350 g/mol. The molecule has 1 aliphatic heterocycles. The molecule has 0 bridgehead atoms. The van der Waals surface area contributed by atoms with Crippen LogP contribution in [-0.4, -0.2) is 29.3 Å². The van der Waals surface area contributed by atoms with Gasteiger partial charge in [0.1, 0.15) is 0 Å². The Morgan fingerprint density at radius 2 is 1.69 bits per heavy atom. The van der Waals surface area contributed by atoms with Crippen molar-refractivity contribution in [2.75, 3.05) is 6.54 Å². The molecule has 0 aliphatic carbocycles. The van der Waals surface area contributed by atoms with Crippen LogP contribution in [0.1, 0.15) is 30.9 Å². The van der Waals surface area contributed by atoms with Crippen molar-refractivity contribution in [2.24, 2.45) is 5.92 Å². The molecular formula is C22H26N2O2. The second-order valence-electron chi connectivity index (χ2n) is 7.09. The largest absolute Gasteiger partial charge is 0.353 e. The number of hydrogen-bond donors (Lipinski definition) is 1. The molecule has 1 fully saturated rings. The quantitative estimate of drug-likeness (QED) is 0.834. The molecule has 1 saturated heterocycles. The molecule has 2 aromatic rings. The summed E-state index contributed by atoms with van der Waals surface area (Å²) < 4.78 is 0. The fraction of sp³-hybridized carbons (Fsp3) is 0.364. The molecule has 4 heteroatoms. The normalized spacial score (nSPS) is 18.0. The fourth-order valence-electron chi connectivity index (χ4n) is 3.37.